The summed E-state index contributed by atoms with van der Waals surface area (Å²) in [5, 5.41) is 0. The highest BCUT2D eigenvalue weighted by molar-refractivity contribution is 5.94. The van der Waals surface area contributed by atoms with Crippen molar-refractivity contribution in [2.45, 2.75) is 31.6 Å². The van der Waals surface area contributed by atoms with Crippen molar-refractivity contribution in [2.75, 3.05) is 0 Å². The molecule has 2 heterocycles. The maximum Gasteiger partial charge on any atom is 0.0727 e. The topological polar surface area (TPSA) is 25.8 Å². The molecule has 0 bridgehead atoms. The monoisotopic (exact) mass is 374 g/mol. The van der Waals surface area contributed by atoms with E-state index < -0.39 is 0 Å². The summed E-state index contributed by atoms with van der Waals surface area (Å²) in [6.45, 7) is 6.84. The van der Waals surface area contributed by atoms with Gasteiger partial charge in [0.25, 0.3) is 0 Å². The highest BCUT2D eigenvalue weighted by Crippen LogP contribution is 2.62. The predicted octanol–water partition coefficient (Wildman–Crippen LogP) is 6.12. The molecule has 0 saturated carbocycles. The maximum atomic E-state index is 4.44. The second-order valence-electron chi connectivity index (χ2n) is 9.15. The van der Waals surface area contributed by atoms with Crippen LogP contribution in [0.15, 0.2) is 79.4 Å². The summed E-state index contributed by atoms with van der Waals surface area (Å²) in [6, 6.07) is 20.3. The molecule has 0 atom stereocenters. The first kappa shape index (κ1) is 16.7. The quantitative estimate of drug-likeness (QED) is 0.320. The Hall–Kier alpha value is -3.26. The van der Waals surface area contributed by atoms with E-state index in [1.807, 2.05) is 24.8 Å². The minimum absolute atomic E-state index is 0.110. The average Bonchev–Trinajstić information content (AvgIpc) is 3.20. The molecule has 29 heavy (non-hydrogen) atoms. The van der Waals surface area contributed by atoms with Crippen LogP contribution < -0.4 is 0 Å². The van der Waals surface area contributed by atoms with Crippen LogP contribution in [0.5, 0.6) is 0 Å². The van der Waals surface area contributed by atoms with E-state index >= 15 is 0 Å². The van der Waals surface area contributed by atoms with Gasteiger partial charge in [0.05, 0.1) is 5.41 Å². The van der Waals surface area contributed by atoms with Crippen LogP contribution in [-0.4, -0.2) is 9.97 Å². The van der Waals surface area contributed by atoms with Crippen molar-refractivity contribution in [3.8, 4) is 22.3 Å². The molecule has 0 unspecified atom stereocenters. The second kappa shape index (κ2) is 5.42. The highest BCUT2D eigenvalue weighted by Gasteiger charge is 2.51. The van der Waals surface area contributed by atoms with Gasteiger partial charge in [0.1, 0.15) is 0 Å². The summed E-state index contributed by atoms with van der Waals surface area (Å²) in [5.74, 6) is 0. The molecule has 0 saturated heterocycles. The number of rotatable bonds is 0. The van der Waals surface area contributed by atoms with Gasteiger partial charge in [-0.15, -0.1) is 0 Å². The SMILES string of the molecule is CC(C)(C)c1ccc2c(c1)-c1ccccc1C21c2ccncc2-c2cnccc21. The van der Waals surface area contributed by atoms with Gasteiger partial charge in [-0.25, -0.2) is 0 Å². The Morgan fingerprint density at radius 3 is 1.86 bits per heavy atom. The van der Waals surface area contributed by atoms with E-state index in [-0.39, 0.29) is 10.8 Å². The molecule has 2 aliphatic rings. The molecular weight excluding hydrogens is 352 g/mol. The fourth-order valence-electron chi connectivity index (χ4n) is 5.35. The van der Waals surface area contributed by atoms with Gasteiger partial charge in [0.15, 0.2) is 0 Å². The van der Waals surface area contributed by atoms with Gasteiger partial charge < -0.3 is 0 Å². The molecule has 1 spiro atoms. The molecule has 2 nitrogen and oxygen atoms in total. The Balaban J connectivity index is 1.80. The molecule has 4 aromatic rings. The zero-order chi connectivity index (χ0) is 19.8. The van der Waals surface area contributed by atoms with Crippen LogP contribution in [0.1, 0.15) is 48.6 Å². The molecule has 0 fully saturated rings. The molecule has 2 aromatic heterocycles. The van der Waals surface area contributed by atoms with Crippen molar-refractivity contribution in [2.24, 2.45) is 0 Å². The number of aromatic nitrogens is 2. The number of fused-ring (bicyclic) bond motifs is 10. The van der Waals surface area contributed by atoms with E-state index in [1.54, 1.807) is 0 Å². The molecule has 0 amide bonds. The molecule has 2 aromatic carbocycles. The number of hydrogen-bond donors (Lipinski definition) is 0. The zero-order valence-corrected chi connectivity index (χ0v) is 16.9. The third-order valence-corrected chi connectivity index (χ3v) is 6.65. The summed E-state index contributed by atoms with van der Waals surface area (Å²) in [4.78, 5) is 8.88. The normalized spacial score (nSPS) is 15.0. The van der Waals surface area contributed by atoms with Crippen molar-refractivity contribution in [1.29, 1.82) is 0 Å². The summed E-state index contributed by atoms with van der Waals surface area (Å²) in [6.07, 6.45) is 7.83. The largest absolute Gasteiger partial charge is 0.264 e. The van der Waals surface area contributed by atoms with Crippen molar-refractivity contribution >= 4 is 0 Å². The summed E-state index contributed by atoms with van der Waals surface area (Å²) in [7, 11) is 0. The fraction of sp³-hybridized carbons (Fsp3) is 0.185. The summed E-state index contributed by atoms with van der Waals surface area (Å²) < 4.78 is 0. The molecule has 140 valence electrons. The lowest BCUT2D eigenvalue weighted by Gasteiger charge is -2.30. The van der Waals surface area contributed by atoms with E-state index in [1.165, 1.54) is 50.1 Å². The molecule has 0 aliphatic heterocycles. The van der Waals surface area contributed by atoms with Crippen LogP contribution in [0.4, 0.5) is 0 Å². The smallest absolute Gasteiger partial charge is 0.0727 e. The number of pyridine rings is 2. The van der Waals surface area contributed by atoms with Gasteiger partial charge in [-0.1, -0.05) is 63.2 Å². The lowest BCUT2D eigenvalue weighted by Crippen LogP contribution is -2.26. The van der Waals surface area contributed by atoms with E-state index in [4.69, 9.17) is 0 Å². The Bertz CT molecular complexity index is 1250. The minimum atomic E-state index is -0.293. The molecule has 0 radical (unpaired) electrons. The molecule has 6 rings (SSSR count). The average molecular weight is 374 g/mol. The highest BCUT2D eigenvalue weighted by atomic mass is 14.7. The Labute approximate surface area is 171 Å². The summed E-state index contributed by atoms with van der Waals surface area (Å²) in [5.41, 5.74) is 11.6. The third kappa shape index (κ3) is 1.96. The van der Waals surface area contributed by atoms with Gasteiger partial charge in [0, 0.05) is 35.9 Å². The fourth-order valence-corrected chi connectivity index (χ4v) is 5.35. The van der Waals surface area contributed by atoms with Crippen LogP contribution in [0.3, 0.4) is 0 Å². The summed E-state index contributed by atoms with van der Waals surface area (Å²) >= 11 is 0. The lowest BCUT2D eigenvalue weighted by molar-refractivity contribution is 0.590. The minimum Gasteiger partial charge on any atom is -0.264 e. The molecule has 2 aliphatic carbocycles. The third-order valence-electron chi connectivity index (χ3n) is 6.65. The van der Waals surface area contributed by atoms with E-state index in [2.05, 4.69) is 85.3 Å². The van der Waals surface area contributed by atoms with Gasteiger partial charge >= 0.3 is 0 Å². The molecule has 0 N–H and O–H groups in total. The van der Waals surface area contributed by atoms with Crippen molar-refractivity contribution in [3.63, 3.8) is 0 Å². The number of hydrogen-bond acceptors (Lipinski definition) is 2. The van der Waals surface area contributed by atoms with Crippen LogP contribution in [0.25, 0.3) is 22.3 Å². The standard InChI is InChI=1S/C27H22N2/c1-26(2,3)17-8-9-23-19(14-17)18-6-4-5-7-22(18)27(23)24-10-12-28-15-20(24)21-16-29-13-11-25(21)27/h4-16H,1-3H3. The van der Waals surface area contributed by atoms with Crippen LogP contribution in [-0.2, 0) is 10.8 Å². The Morgan fingerprint density at radius 2 is 1.21 bits per heavy atom. The molecule has 2 heteroatoms. The first-order valence-electron chi connectivity index (χ1n) is 10.2. The van der Waals surface area contributed by atoms with Crippen LogP contribution in [0, 0.1) is 0 Å². The van der Waals surface area contributed by atoms with E-state index in [0.717, 1.165) is 0 Å². The first-order valence-corrected chi connectivity index (χ1v) is 10.2. The van der Waals surface area contributed by atoms with E-state index in [0.29, 0.717) is 0 Å². The van der Waals surface area contributed by atoms with Gasteiger partial charge in [-0.3, -0.25) is 9.97 Å². The van der Waals surface area contributed by atoms with Crippen LogP contribution in [0.2, 0.25) is 0 Å². The maximum absolute atomic E-state index is 4.44. The van der Waals surface area contributed by atoms with E-state index in [9.17, 15) is 0 Å². The molecular formula is C27H22N2. The van der Waals surface area contributed by atoms with Gasteiger partial charge in [-0.05, 0) is 56.5 Å². The first-order chi connectivity index (χ1) is 14.0. The lowest BCUT2D eigenvalue weighted by atomic mass is 9.70. The zero-order valence-electron chi connectivity index (χ0n) is 16.9. The Morgan fingerprint density at radius 1 is 0.621 bits per heavy atom. The second-order valence-corrected chi connectivity index (χ2v) is 9.15. The predicted molar refractivity (Wildman–Crippen MR) is 117 cm³/mol. The van der Waals surface area contributed by atoms with Crippen LogP contribution >= 0.6 is 0 Å². The van der Waals surface area contributed by atoms with Crippen molar-refractivity contribution in [3.05, 3.63) is 107 Å². The van der Waals surface area contributed by atoms with Gasteiger partial charge in [0.2, 0.25) is 0 Å². The van der Waals surface area contributed by atoms with Gasteiger partial charge in [-0.2, -0.15) is 0 Å². The Kier molecular flexibility index (Phi) is 3.11. The number of benzene rings is 2. The van der Waals surface area contributed by atoms with Crippen molar-refractivity contribution in [1.82, 2.24) is 9.97 Å². The number of nitrogens with zero attached hydrogens (tertiary/aromatic N) is 2. The van der Waals surface area contributed by atoms with Crippen molar-refractivity contribution < 1.29 is 0 Å².